The second-order valence-electron chi connectivity index (χ2n) is 6.34. The van der Waals surface area contributed by atoms with E-state index in [1.807, 2.05) is 25.1 Å². The zero-order valence-electron chi connectivity index (χ0n) is 15.1. The van der Waals surface area contributed by atoms with E-state index in [1.165, 1.54) is 23.8 Å². The minimum Gasteiger partial charge on any atom is -0.481 e. The van der Waals surface area contributed by atoms with Crippen LogP contribution in [0.2, 0.25) is 0 Å². The van der Waals surface area contributed by atoms with E-state index in [0.717, 1.165) is 5.56 Å². The Morgan fingerprint density at radius 3 is 2.42 bits per heavy atom. The van der Waals surface area contributed by atoms with Crippen molar-refractivity contribution in [1.29, 1.82) is 0 Å². The van der Waals surface area contributed by atoms with Crippen molar-refractivity contribution in [3.05, 3.63) is 62.1 Å². The van der Waals surface area contributed by atoms with Gasteiger partial charge in [0.15, 0.2) is 6.10 Å². The third-order valence-corrected chi connectivity index (χ3v) is 4.62. The van der Waals surface area contributed by atoms with Gasteiger partial charge in [-0.15, -0.1) is 0 Å². The number of nitro benzene ring substituents is 1. The maximum atomic E-state index is 12.4. The first kappa shape index (κ1) is 19.9. The molecule has 0 aliphatic rings. The Balaban J connectivity index is 2.06. The summed E-state index contributed by atoms with van der Waals surface area (Å²) in [7, 11) is 0. The van der Waals surface area contributed by atoms with Crippen molar-refractivity contribution in [1.82, 2.24) is 0 Å². The number of non-ortho nitro benzene ring substituents is 1. The van der Waals surface area contributed by atoms with Crippen LogP contribution in [-0.2, 0) is 4.79 Å². The van der Waals surface area contributed by atoms with Gasteiger partial charge in [0.2, 0.25) is 0 Å². The maximum Gasteiger partial charge on any atom is 0.270 e. The van der Waals surface area contributed by atoms with Crippen molar-refractivity contribution < 1.29 is 14.5 Å². The van der Waals surface area contributed by atoms with Crippen molar-refractivity contribution in [3.63, 3.8) is 0 Å². The number of carbonyl (C=O) groups is 1. The third kappa shape index (κ3) is 4.82. The van der Waals surface area contributed by atoms with Crippen LogP contribution in [0.15, 0.2) is 40.9 Å². The van der Waals surface area contributed by atoms with Crippen LogP contribution in [0.3, 0.4) is 0 Å². The fraction of sp³-hybridized carbons (Fsp3) is 0.316. The lowest BCUT2D eigenvalue weighted by Crippen LogP contribution is -2.30. The van der Waals surface area contributed by atoms with Gasteiger partial charge in [-0.05, 0) is 65.0 Å². The Bertz CT molecular complexity index is 836. The molecule has 2 aromatic carbocycles. The maximum absolute atomic E-state index is 12.4. The molecule has 6 nitrogen and oxygen atoms in total. The van der Waals surface area contributed by atoms with Crippen LogP contribution in [0.5, 0.6) is 5.75 Å². The average Bonchev–Trinajstić information content (AvgIpc) is 2.56. The summed E-state index contributed by atoms with van der Waals surface area (Å²) in [5.74, 6) is 0.701. The molecule has 0 aromatic heterocycles. The van der Waals surface area contributed by atoms with Gasteiger partial charge in [0, 0.05) is 16.6 Å². The SMILES string of the molecule is Cc1cc(OC(C)C(=O)Nc2ccc([N+](=O)[O-])cc2Br)ccc1C(C)C. The van der Waals surface area contributed by atoms with Gasteiger partial charge in [0.05, 0.1) is 10.6 Å². The van der Waals surface area contributed by atoms with Crippen LogP contribution in [-0.4, -0.2) is 16.9 Å². The predicted octanol–water partition coefficient (Wildman–Crippen LogP) is 5.20. The quantitative estimate of drug-likeness (QED) is 0.514. The Hall–Kier alpha value is -2.41. The van der Waals surface area contributed by atoms with E-state index in [2.05, 4.69) is 35.1 Å². The van der Waals surface area contributed by atoms with Crippen molar-refractivity contribution in [2.24, 2.45) is 0 Å². The summed E-state index contributed by atoms with van der Waals surface area (Å²) in [6, 6.07) is 9.94. The fourth-order valence-electron chi connectivity index (χ4n) is 2.58. The largest absolute Gasteiger partial charge is 0.481 e. The average molecular weight is 421 g/mol. The molecule has 0 saturated heterocycles. The lowest BCUT2D eigenvalue weighted by Gasteiger charge is -2.17. The van der Waals surface area contributed by atoms with Gasteiger partial charge < -0.3 is 10.1 Å². The molecule has 1 unspecified atom stereocenters. The number of amides is 1. The van der Waals surface area contributed by atoms with E-state index >= 15 is 0 Å². The molecule has 0 aliphatic carbocycles. The summed E-state index contributed by atoms with van der Waals surface area (Å²) in [5.41, 5.74) is 2.75. The van der Waals surface area contributed by atoms with E-state index < -0.39 is 11.0 Å². The molecule has 138 valence electrons. The van der Waals surface area contributed by atoms with Crippen LogP contribution >= 0.6 is 15.9 Å². The molecule has 1 atom stereocenters. The lowest BCUT2D eigenvalue weighted by atomic mass is 9.98. The highest BCUT2D eigenvalue weighted by atomic mass is 79.9. The number of ether oxygens (including phenoxy) is 1. The van der Waals surface area contributed by atoms with Crippen LogP contribution < -0.4 is 10.1 Å². The summed E-state index contributed by atoms with van der Waals surface area (Å²) in [6.07, 6.45) is -0.721. The van der Waals surface area contributed by atoms with Gasteiger partial charge in [0.25, 0.3) is 11.6 Å². The molecule has 0 aliphatic heterocycles. The number of hydrogen-bond donors (Lipinski definition) is 1. The summed E-state index contributed by atoms with van der Waals surface area (Å²) >= 11 is 3.23. The molecule has 0 saturated carbocycles. The Labute approximate surface area is 160 Å². The number of aryl methyl sites for hydroxylation is 1. The van der Waals surface area contributed by atoms with E-state index in [0.29, 0.717) is 21.8 Å². The van der Waals surface area contributed by atoms with Crippen molar-refractivity contribution in [3.8, 4) is 5.75 Å². The number of anilines is 1. The second-order valence-corrected chi connectivity index (χ2v) is 7.20. The van der Waals surface area contributed by atoms with Crippen LogP contribution in [0.25, 0.3) is 0 Å². The zero-order chi connectivity index (χ0) is 19.4. The third-order valence-electron chi connectivity index (χ3n) is 3.97. The second kappa shape index (κ2) is 8.31. The summed E-state index contributed by atoms with van der Waals surface area (Å²) < 4.78 is 6.16. The first-order valence-corrected chi connectivity index (χ1v) is 9.00. The number of nitrogens with one attached hydrogen (secondary N) is 1. The first-order valence-electron chi connectivity index (χ1n) is 8.21. The molecule has 1 amide bonds. The molecular formula is C19H21BrN2O4. The molecule has 0 radical (unpaired) electrons. The van der Waals surface area contributed by atoms with Crippen LogP contribution in [0.1, 0.15) is 37.8 Å². The first-order chi connectivity index (χ1) is 12.2. The standard InChI is InChI=1S/C19H21BrN2O4/c1-11(2)16-7-6-15(9-12(16)3)26-13(4)19(23)21-18-8-5-14(22(24)25)10-17(18)20/h5-11,13H,1-4H3,(H,21,23). The number of benzene rings is 2. The molecule has 0 bridgehead atoms. The molecule has 2 aromatic rings. The van der Waals surface area contributed by atoms with E-state index in [-0.39, 0.29) is 11.6 Å². The van der Waals surface area contributed by atoms with Gasteiger partial charge in [-0.1, -0.05) is 19.9 Å². The fourth-order valence-corrected chi connectivity index (χ4v) is 3.05. The van der Waals surface area contributed by atoms with Gasteiger partial charge in [-0.3, -0.25) is 14.9 Å². The highest BCUT2D eigenvalue weighted by Crippen LogP contribution is 2.28. The van der Waals surface area contributed by atoms with Gasteiger partial charge in [-0.2, -0.15) is 0 Å². The van der Waals surface area contributed by atoms with Crippen molar-refractivity contribution in [2.45, 2.75) is 39.7 Å². The normalized spacial score (nSPS) is 11.9. The zero-order valence-corrected chi connectivity index (χ0v) is 16.7. The van der Waals surface area contributed by atoms with Crippen LogP contribution in [0.4, 0.5) is 11.4 Å². The molecule has 0 heterocycles. The van der Waals surface area contributed by atoms with Gasteiger partial charge in [-0.25, -0.2) is 0 Å². The molecule has 2 rings (SSSR count). The Morgan fingerprint density at radius 1 is 1.19 bits per heavy atom. The van der Waals surface area contributed by atoms with Gasteiger partial charge >= 0.3 is 0 Å². The minimum absolute atomic E-state index is 0.0557. The molecule has 0 spiro atoms. The number of hydrogen-bond acceptors (Lipinski definition) is 4. The topological polar surface area (TPSA) is 81.5 Å². The molecule has 0 fully saturated rings. The number of carbonyl (C=O) groups excluding carboxylic acids is 1. The van der Waals surface area contributed by atoms with Crippen molar-refractivity contribution >= 4 is 33.2 Å². The number of halogens is 1. The number of nitrogens with zero attached hydrogens (tertiary/aromatic N) is 1. The highest BCUT2D eigenvalue weighted by molar-refractivity contribution is 9.10. The van der Waals surface area contributed by atoms with E-state index in [1.54, 1.807) is 6.92 Å². The van der Waals surface area contributed by atoms with Crippen molar-refractivity contribution in [2.75, 3.05) is 5.32 Å². The number of rotatable bonds is 6. The molecule has 1 N–H and O–H groups in total. The minimum atomic E-state index is -0.721. The van der Waals surface area contributed by atoms with E-state index in [9.17, 15) is 14.9 Å². The highest BCUT2D eigenvalue weighted by Gasteiger charge is 2.18. The Kier molecular flexibility index (Phi) is 6.37. The smallest absolute Gasteiger partial charge is 0.270 e. The van der Waals surface area contributed by atoms with E-state index in [4.69, 9.17) is 4.74 Å². The molecule has 26 heavy (non-hydrogen) atoms. The monoisotopic (exact) mass is 420 g/mol. The Morgan fingerprint density at radius 2 is 1.88 bits per heavy atom. The van der Waals surface area contributed by atoms with Gasteiger partial charge in [0.1, 0.15) is 5.75 Å². The summed E-state index contributed by atoms with van der Waals surface area (Å²) in [5, 5.41) is 13.5. The summed E-state index contributed by atoms with van der Waals surface area (Å²) in [6.45, 7) is 7.92. The predicted molar refractivity (Wildman–Crippen MR) is 105 cm³/mol. The molecule has 7 heteroatoms. The summed E-state index contributed by atoms with van der Waals surface area (Å²) in [4.78, 5) is 22.6. The van der Waals surface area contributed by atoms with Crippen LogP contribution in [0, 0.1) is 17.0 Å². The lowest BCUT2D eigenvalue weighted by molar-refractivity contribution is -0.384. The number of nitro groups is 1. The molecular weight excluding hydrogens is 400 g/mol.